The summed E-state index contributed by atoms with van der Waals surface area (Å²) in [6, 6.07) is 10.5. The van der Waals surface area contributed by atoms with E-state index in [9.17, 15) is 4.79 Å². The minimum absolute atomic E-state index is 0.301. The second kappa shape index (κ2) is 6.53. The molecule has 2 aromatic rings. The maximum absolute atomic E-state index is 12.1. The van der Waals surface area contributed by atoms with E-state index in [1.165, 1.54) is 6.20 Å². The average molecular weight is 272 g/mol. The fourth-order valence-corrected chi connectivity index (χ4v) is 1.65. The number of carbonyl (C=O) groups is 1. The van der Waals surface area contributed by atoms with Crippen LogP contribution in [0, 0.1) is 0 Å². The van der Waals surface area contributed by atoms with E-state index in [1.54, 1.807) is 24.3 Å². The molecule has 1 aromatic heterocycles. The number of hydrogen-bond donors (Lipinski definition) is 3. The molecule has 1 amide bonds. The van der Waals surface area contributed by atoms with E-state index in [2.05, 4.69) is 15.7 Å². The van der Waals surface area contributed by atoms with Gasteiger partial charge in [-0.05, 0) is 31.2 Å². The number of carbonyl (C=O) groups excluding carboxylic acids is 1. The minimum Gasteiger partial charge on any atom is -0.492 e. The van der Waals surface area contributed by atoms with Gasteiger partial charge in [-0.2, -0.15) is 0 Å². The Labute approximate surface area is 116 Å². The van der Waals surface area contributed by atoms with E-state index in [0.29, 0.717) is 29.4 Å². The number of nitrogens with two attached hydrogens (primary N) is 1. The van der Waals surface area contributed by atoms with Crippen molar-refractivity contribution in [1.82, 2.24) is 4.98 Å². The molecule has 104 valence electrons. The van der Waals surface area contributed by atoms with Crippen molar-refractivity contribution in [2.45, 2.75) is 6.92 Å². The van der Waals surface area contributed by atoms with Gasteiger partial charge in [0, 0.05) is 0 Å². The van der Waals surface area contributed by atoms with Gasteiger partial charge in [-0.3, -0.25) is 10.6 Å². The zero-order valence-electron chi connectivity index (χ0n) is 11.1. The largest absolute Gasteiger partial charge is 0.492 e. The summed E-state index contributed by atoms with van der Waals surface area (Å²) < 4.78 is 5.45. The van der Waals surface area contributed by atoms with Crippen LogP contribution in [0.2, 0.25) is 0 Å². The number of amides is 1. The number of nitrogen functional groups attached to an aromatic ring is 1. The van der Waals surface area contributed by atoms with Crippen molar-refractivity contribution in [2.24, 2.45) is 5.84 Å². The van der Waals surface area contributed by atoms with Crippen molar-refractivity contribution in [3.63, 3.8) is 0 Å². The van der Waals surface area contributed by atoms with Crippen LogP contribution in [-0.2, 0) is 0 Å². The zero-order chi connectivity index (χ0) is 14.4. The molecule has 0 aliphatic rings. The summed E-state index contributed by atoms with van der Waals surface area (Å²) in [5.41, 5.74) is 4.00. The van der Waals surface area contributed by atoms with Gasteiger partial charge in [-0.15, -0.1) is 0 Å². The summed E-state index contributed by atoms with van der Waals surface area (Å²) >= 11 is 0. The molecule has 1 aromatic carbocycles. The van der Waals surface area contributed by atoms with Crippen molar-refractivity contribution in [3.05, 3.63) is 48.3 Å². The number of para-hydroxylation sites is 2. The molecule has 6 heteroatoms. The van der Waals surface area contributed by atoms with E-state index in [4.69, 9.17) is 10.6 Å². The van der Waals surface area contributed by atoms with Crippen molar-refractivity contribution in [2.75, 3.05) is 17.3 Å². The van der Waals surface area contributed by atoms with Gasteiger partial charge in [0.15, 0.2) is 0 Å². The van der Waals surface area contributed by atoms with Crippen LogP contribution in [0.5, 0.6) is 5.75 Å². The van der Waals surface area contributed by atoms with Crippen molar-refractivity contribution in [1.29, 1.82) is 0 Å². The first-order valence-electron chi connectivity index (χ1n) is 6.20. The maximum Gasteiger partial charge on any atom is 0.274 e. The van der Waals surface area contributed by atoms with Crippen LogP contribution in [0.1, 0.15) is 17.4 Å². The summed E-state index contributed by atoms with van der Waals surface area (Å²) in [4.78, 5) is 16.1. The van der Waals surface area contributed by atoms with E-state index >= 15 is 0 Å². The zero-order valence-corrected chi connectivity index (χ0v) is 11.1. The Morgan fingerprint density at radius 2 is 2.10 bits per heavy atom. The molecule has 0 spiro atoms. The van der Waals surface area contributed by atoms with Crippen molar-refractivity contribution < 1.29 is 9.53 Å². The summed E-state index contributed by atoms with van der Waals surface area (Å²) in [6.45, 7) is 2.42. The molecule has 0 saturated heterocycles. The standard InChI is InChI=1S/C14H16N4O2/c1-2-20-13-6-4-3-5-11(13)17-14(19)12-8-7-10(18-15)9-16-12/h3-9,18H,2,15H2,1H3,(H,17,19). The lowest BCUT2D eigenvalue weighted by Crippen LogP contribution is -2.15. The van der Waals surface area contributed by atoms with Gasteiger partial charge in [-0.25, -0.2) is 4.98 Å². The highest BCUT2D eigenvalue weighted by atomic mass is 16.5. The predicted octanol–water partition coefficient (Wildman–Crippen LogP) is 2.02. The fraction of sp³-hybridized carbons (Fsp3) is 0.143. The van der Waals surface area contributed by atoms with Crippen LogP contribution < -0.4 is 21.3 Å². The van der Waals surface area contributed by atoms with Crippen LogP contribution in [-0.4, -0.2) is 17.5 Å². The van der Waals surface area contributed by atoms with E-state index in [-0.39, 0.29) is 5.91 Å². The molecule has 0 saturated carbocycles. The van der Waals surface area contributed by atoms with E-state index < -0.39 is 0 Å². The number of hydrogen-bond acceptors (Lipinski definition) is 5. The van der Waals surface area contributed by atoms with Gasteiger partial charge >= 0.3 is 0 Å². The highest BCUT2D eigenvalue weighted by Gasteiger charge is 2.10. The number of aromatic nitrogens is 1. The Morgan fingerprint density at radius 3 is 2.75 bits per heavy atom. The number of benzene rings is 1. The third-order valence-corrected chi connectivity index (χ3v) is 2.60. The number of pyridine rings is 1. The lowest BCUT2D eigenvalue weighted by atomic mass is 10.2. The lowest BCUT2D eigenvalue weighted by molar-refractivity contribution is 0.102. The van der Waals surface area contributed by atoms with Gasteiger partial charge in [-0.1, -0.05) is 12.1 Å². The molecule has 0 aliphatic carbocycles. The quantitative estimate of drug-likeness (QED) is 0.572. The molecule has 0 radical (unpaired) electrons. The number of nitrogens with one attached hydrogen (secondary N) is 2. The van der Waals surface area contributed by atoms with E-state index in [1.807, 2.05) is 19.1 Å². The Bertz CT molecular complexity index is 584. The number of ether oxygens (including phenoxy) is 1. The molecule has 6 nitrogen and oxygen atoms in total. The van der Waals surface area contributed by atoms with Gasteiger partial charge in [0.05, 0.1) is 24.2 Å². The summed E-state index contributed by atoms with van der Waals surface area (Å²) in [7, 11) is 0. The SMILES string of the molecule is CCOc1ccccc1NC(=O)c1ccc(NN)cn1. The van der Waals surface area contributed by atoms with E-state index in [0.717, 1.165) is 0 Å². The molecule has 0 bridgehead atoms. The number of anilines is 2. The highest BCUT2D eigenvalue weighted by Crippen LogP contribution is 2.24. The van der Waals surface area contributed by atoms with Gasteiger partial charge in [0.1, 0.15) is 11.4 Å². The summed E-state index contributed by atoms with van der Waals surface area (Å²) in [6.07, 6.45) is 1.49. The Morgan fingerprint density at radius 1 is 1.30 bits per heavy atom. The molecule has 2 rings (SSSR count). The predicted molar refractivity (Wildman–Crippen MR) is 77.6 cm³/mol. The Kier molecular flexibility index (Phi) is 4.52. The van der Waals surface area contributed by atoms with Crippen molar-refractivity contribution in [3.8, 4) is 5.75 Å². The first-order chi connectivity index (χ1) is 9.74. The van der Waals surface area contributed by atoms with Gasteiger partial charge < -0.3 is 15.5 Å². The molecule has 0 atom stereocenters. The summed E-state index contributed by atoms with van der Waals surface area (Å²) in [5, 5.41) is 2.77. The third-order valence-electron chi connectivity index (χ3n) is 2.60. The molecule has 1 heterocycles. The van der Waals surface area contributed by atoms with Crippen LogP contribution >= 0.6 is 0 Å². The number of hydrazine groups is 1. The Balaban J connectivity index is 2.14. The monoisotopic (exact) mass is 272 g/mol. The normalized spacial score (nSPS) is 9.90. The second-order valence-corrected chi connectivity index (χ2v) is 3.96. The average Bonchev–Trinajstić information content (AvgIpc) is 2.49. The van der Waals surface area contributed by atoms with Crippen LogP contribution in [0.3, 0.4) is 0 Å². The van der Waals surface area contributed by atoms with Crippen LogP contribution in [0.15, 0.2) is 42.6 Å². The highest BCUT2D eigenvalue weighted by molar-refractivity contribution is 6.03. The fourth-order valence-electron chi connectivity index (χ4n) is 1.65. The Hall–Kier alpha value is -2.60. The molecule has 0 aliphatic heterocycles. The van der Waals surface area contributed by atoms with Gasteiger partial charge in [0.25, 0.3) is 5.91 Å². The molecular weight excluding hydrogens is 256 g/mol. The minimum atomic E-state index is -0.305. The third kappa shape index (κ3) is 3.24. The van der Waals surface area contributed by atoms with Crippen LogP contribution in [0.4, 0.5) is 11.4 Å². The van der Waals surface area contributed by atoms with Gasteiger partial charge in [0.2, 0.25) is 0 Å². The first-order valence-corrected chi connectivity index (χ1v) is 6.20. The lowest BCUT2D eigenvalue weighted by Gasteiger charge is -2.11. The summed E-state index contributed by atoms with van der Waals surface area (Å²) in [5.74, 6) is 5.57. The van der Waals surface area contributed by atoms with Crippen LogP contribution in [0.25, 0.3) is 0 Å². The smallest absolute Gasteiger partial charge is 0.274 e. The topological polar surface area (TPSA) is 89.3 Å². The molecular formula is C14H16N4O2. The molecule has 20 heavy (non-hydrogen) atoms. The molecule has 4 N–H and O–H groups in total. The van der Waals surface area contributed by atoms with Crippen molar-refractivity contribution >= 4 is 17.3 Å². The maximum atomic E-state index is 12.1. The molecule has 0 unspecified atom stereocenters. The second-order valence-electron chi connectivity index (χ2n) is 3.96. The first kappa shape index (κ1) is 13.8. The number of nitrogens with zero attached hydrogens (tertiary/aromatic N) is 1. The molecule has 0 fully saturated rings. The number of rotatable bonds is 5.